The van der Waals surface area contributed by atoms with Gasteiger partial charge in [0.15, 0.2) is 5.11 Å². The van der Waals surface area contributed by atoms with E-state index >= 15 is 0 Å². The predicted molar refractivity (Wildman–Crippen MR) is 103 cm³/mol. The van der Waals surface area contributed by atoms with Gasteiger partial charge in [-0.1, -0.05) is 34.1 Å². The van der Waals surface area contributed by atoms with Crippen LogP contribution in [0.15, 0.2) is 46.9 Å². The summed E-state index contributed by atoms with van der Waals surface area (Å²) in [5.74, 6) is -1.23. The number of amides is 2. The number of aryl methyl sites for hydroxylation is 1. The number of nitrogens with zero attached hydrogens (tertiary/aromatic N) is 1. The van der Waals surface area contributed by atoms with Crippen molar-refractivity contribution in [3.63, 3.8) is 0 Å². The van der Waals surface area contributed by atoms with Gasteiger partial charge in [0.2, 0.25) is 0 Å². The fourth-order valence-electron chi connectivity index (χ4n) is 1.95. The van der Waals surface area contributed by atoms with Gasteiger partial charge in [-0.25, -0.2) is 0 Å². The molecule has 0 aliphatic carbocycles. The van der Waals surface area contributed by atoms with Crippen LogP contribution in [0.2, 0.25) is 0 Å². The second-order valence-electron chi connectivity index (χ2n) is 5.10. The number of para-hydroxylation sites is 1. The molecule has 0 aromatic heterocycles. The average Bonchev–Trinajstić information content (AvgIpc) is 2.61. The van der Waals surface area contributed by atoms with Crippen LogP contribution in [0, 0.1) is 17.0 Å². The molecule has 3 N–H and O–H groups in total. The number of rotatable bonds is 3. The Labute approximate surface area is 162 Å². The van der Waals surface area contributed by atoms with E-state index in [1.165, 1.54) is 24.3 Å². The Morgan fingerprint density at radius 3 is 2.46 bits per heavy atom. The van der Waals surface area contributed by atoms with E-state index in [-0.39, 0.29) is 16.4 Å². The van der Waals surface area contributed by atoms with Gasteiger partial charge >= 0.3 is 0 Å². The lowest BCUT2D eigenvalue weighted by Crippen LogP contribution is -2.48. The number of carbonyl (C=O) groups excluding carboxylic acids is 2. The van der Waals surface area contributed by atoms with Crippen LogP contribution in [-0.2, 0) is 0 Å². The summed E-state index contributed by atoms with van der Waals surface area (Å²) < 4.78 is 0.775. The van der Waals surface area contributed by atoms with Crippen molar-refractivity contribution in [2.45, 2.75) is 6.92 Å². The number of nitrogens with one attached hydrogen (secondary N) is 3. The van der Waals surface area contributed by atoms with Crippen molar-refractivity contribution in [2.24, 2.45) is 0 Å². The first-order valence-electron chi connectivity index (χ1n) is 7.21. The number of carbonyl (C=O) groups is 2. The maximum atomic E-state index is 12.1. The zero-order chi connectivity index (χ0) is 19.3. The van der Waals surface area contributed by atoms with Crippen LogP contribution in [0.4, 0.5) is 5.69 Å². The molecule has 2 amide bonds. The zero-order valence-electron chi connectivity index (χ0n) is 13.4. The van der Waals surface area contributed by atoms with Crippen molar-refractivity contribution in [3.8, 4) is 0 Å². The topological polar surface area (TPSA) is 113 Å². The predicted octanol–water partition coefficient (Wildman–Crippen LogP) is 2.62. The van der Waals surface area contributed by atoms with Gasteiger partial charge in [-0.05, 0) is 42.9 Å². The quantitative estimate of drug-likeness (QED) is 0.387. The molecule has 0 radical (unpaired) electrons. The lowest BCUT2D eigenvalue weighted by Gasteiger charge is -2.11. The second kappa shape index (κ2) is 8.50. The summed E-state index contributed by atoms with van der Waals surface area (Å²) >= 11 is 8.25. The molecule has 8 nitrogen and oxygen atoms in total. The van der Waals surface area contributed by atoms with E-state index in [4.69, 9.17) is 12.2 Å². The van der Waals surface area contributed by atoms with Crippen molar-refractivity contribution in [1.29, 1.82) is 0 Å². The fourth-order valence-corrected chi connectivity index (χ4v) is 2.47. The molecule has 0 heterocycles. The molecule has 0 bridgehead atoms. The van der Waals surface area contributed by atoms with E-state index in [0.717, 1.165) is 10.0 Å². The molecule has 0 atom stereocenters. The number of hydrogen-bond acceptors (Lipinski definition) is 5. The molecule has 134 valence electrons. The van der Waals surface area contributed by atoms with E-state index in [9.17, 15) is 19.7 Å². The molecule has 0 unspecified atom stereocenters. The van der Waals surface area contributed by atoms with Gasteiger partial charge in [0.1, 0.15) is 5.56 Å². The normalized spacial score (nSPS) is 9.92. The lowest BCUT2D eigenvalue weighted by molar-refractivity contribution is -0.385. The van der Waals surface area contributed by atoms with Crippen LogP contribution in [0.5, 0.6) is 0 Å². The number of benzene rings is 2. The van der Waals surface area contributed by atoms with Crippen molar-refractivity contribution in [3.05, 3.63) is 73.7 Å². The summed E-state index contributed by atoms with van der Waals surface area (Å²) in [4.78, 5) is 34.5. The molecular weight excluding hydrogens is 424 g/mol. The van der Waals surface area contributed by atoms with Crippen LogP contribution >= 0.6 is 28.1 Å². The Hall–Kier alpha value is -2.85. The maximum Gasteiger partial charge on any atom is 0.282 e. The number of hydrogen-bond donors (Lipinski definition) is 3. The average molecular weight is 437 g/mol. The number of thiocarbonyl (C=S) groups is 1. The van der Waals surface area contributed by atoms with E-state index in [2.05, 4.69) is 32.1 Å². The summed E-state index contributed by atoms with van der Waals surface area (Å²) in [5, 5.41) is 13.0. The molecule has 26 heavy (non-hydrogen) atoms. The first-order chi connectivity index (χ1) is 12.3. The summed E-state index contributed by atoms with van der Waals surface area (Å²) in [6.07, 6.45) is 0. The molecule has 0 spiro atoms. The molecule has 2 aromatic carbocycles. The third-order valence-electron chi connectivity index (χ3n) is 3.30. The summed E-state index contributed by atoms with van der Waals surface area (Å²) in [7, 11) is 0. The number of nitro benzene ring substituents is 1. The Morgan fingerprint density at radius 2 is 1.81 bits per heavy atom. The number of halogens is 1. The third kappa shape index (κ3) is 4.83. The zero-order valence-corrected chi connectivity index (χ0v) is 15.8. The molecule has 0 saturated carbocycles. The molecular formula is C16H13BrN4O4S. The SMILES string of the molecule is Cc1ccc(C(=O)NNC(=S)NC(=O)c2ccccc2[N+](=O)[O-])cc1Br. The van der Waals surface area contributed by atoms with Gasteiger partial charge in [-0.3, -0.25) is 35.9 Å². The molecule has 10 heteroatoms. The Balaban J connectivity index is 1.96. The van der Waals surface area contributed by atoms with Crippen LogP contribution < -0.4 is 16.2 Å². The third-order valence-corrected chi connectivity index (χ3v) is 4.35. The highest BCUT2D eigenvalue weighted by atomic mass is 79.9. The van der Waals surface area contributed by atoms with Gasteiger partial charge in [-0.15, -0.1) is 0 Å². The van der Waals surface area contributed by atoms with Crippen LogP contribution in [0.25, 0.3) is 0 Å². The van der Waals surface area contributed by atoms with Crippen LogP contribution in [0.3, 0.4) is 0 Å². The molecule has 0 fully saturated rings. The highest BCUT2D eigenvalue weighted by Crippen LogP contribution is 2.18. The van der Waals surface area contributed by atoms with Crippen molar-refractivity contribution in [1.82, 2.24) is 16.2 Å². The highest BCUT2D eigenvalue weighted by molar-refractivity contribution is 9.10. The van der Waals surface area contributed by atoms with Crippen LogP contribution in [-0.4, -0.2) is 21.9 Å². The molecule has 2 rings (SSSR count). The van der Waals surface area contributed by atoms with Crippen molar-refractivity contribution in [2.75, 3.05) is 0 Å². The maximum absolute atomic E-state index is 12.1. The minimum atomic E-state index is -0.762. The van der Waals surface area contributed by atoms with Crippen molar-refractivity contribution >= 4 is 50.8 Å². The summed E-state index contributed by atoms with van der Waals surface area (Å²) in [5.41, 5.74) is 5.58. The Morgan fingerprint density at radius 1 is 1.12 bits per heavy atom. The van der Waals surface area contributed by atoms with Gasteiger partial charge in [-0.2, -0.15) is 0 Å². The lowest BCUT2D eigenvalue weighted by atomic mass is 10.1. The summed E-state index contributed by atoms with van der Waals surface area (Å²) in [6.45, 7) is 1.89. The minimum absolute atomic E-state index is 0.143. The van der Waals surface area contributed by atoms with E-state index in [1.54, 1.807) is 18.2 Å². The molecule has 0 aliphatic heterocycles. The Kier molecular flexibility index (Phi) is 6.36. The fraction of sp³-hybridized carbons (Fsp3) is 0.0625. The first kappa shape index (κ1) is 19.5. The van der Waals surface area contributed by atoms with E-state index < -0.39 is 16.7 Å². The van der Waals surface area contributed by atoms with Gasteiger partial charge < -0.3 is 0 Å². The van der Waals surface area contributed by atoms with E-state index in [0.29, 0.717) is 5.56 Å². The first-order valence-corrected chi connectivity index (χ1v) is 8.41. The number of hydrazine groups is 1. The van der Waals surface area contributed by atoms with Gasteiger partial charge in [0.05, 0.1) is 4.92 Å². The van der Waals surface area contributed by atoms with E-state index in [1.807, 2.05) is 6.92 Å². The second-order valence-corrected chi connectivity index (χ2v) is 6.36. The largest absolute Gasteiger partial charge is 0.297 e. The smallest absolute Gasteiger partial charge is 0.282 e. The Bertz CT molecular complexity index is 904. The number of nitro groups is 1. The molecule has 0 saturated heterocycles. The molecule has 2 aromatic rings. The standard InChI is InChI=1S/C16H13BrN4O4S/c1-9-6-7-10(8-12(9)17)14(22)19-20-16(26)18-15(23)11-4-2-3-5-13(11)21(24)25/h2-8H,1H3,(H,19,22)(H2,18,20,23,26). The summed E-state index contributed by atoms with van der Waals surface area (Å²) in [6, 6.07) is 10.5. The van der Waals surface area contributed by atoms with Crippen molar-refractivity contribution < 1.29 is 14.5 Å². The molecule has 0 aliphatic rings. The van der Waals surface area contributed by atoms with Crippen LogP contribution in [0.1, 0.15) is 26.3 Å². The van der Waals surface area contributed by atoms with Gasteiger partial charge in [0.25, 0.3) is 17.5 Å². The highest BCUT2D eigenvalue weighted by Gasteiger charge is 2.20. The minimum Gasteiger partial charge on any atom is -0.297 e. The van der Waals surface area contributed by atoms with Gasteiger partial charge in [0, 0.05) is 16.1 Å². The monoisotopic (exact) mass is 436 g/mol.